The van der Waals surface area contributed by atoms with Crippen molar-refractivity contribution in [3.8, 4) is 11.5 Å². The van der Waals surface area contributed by atoms with Gasteiger partial charge in [0.2, 0.25) is 0 Å². The number of ether oxygens (including phenoxy) is 2. The SMILES string of the molecule is CC1CC(C)CN(CCCNC(=S)Nc2ccc3c(c2)OCCO3)C1. The smallest absolute Gasteiger partial charge is 0.170 e. The summed E-state index contributed by atoms with van der Waals surface area (Å²) in [4.78, 5) is 2.58. The van der Waals surface area contributed by atoms with Crippen molar-refractivity contribution in [1.82, 2.24) is 10.2 Å². The first-order chi connectivity index (χ1) is 12.1. The van der Waals surface area contributed by atoms with Crippen LogP contribution in [0.1, 0.15) is 26.7 Å². The first kappa shape index (κ1) is 18.3. The van der Waals surface area contributed by atoms with Crippen molar-refractivity contribution in [3.63, 3.8) is 0 Å². The first-order valence-electron chi connectivity index (χ1n) is 9.27. The molecule has 3 rings (SSSR count). The summed E-state index contributed by atoms with van der Waals surface area (Å²) in [5.74, 6) is 3.19. The second-order valence-electron chi connectivity index (χ2n) is 7.30. The number of thiocarbonyl (C=S) groups is 1. The van der Waals surface area contributed by atoms with Gasteiger partial charge < -0.3 is 25.0 Å². The molecule has 0 saturated carbocycles. The minimum Gasteiger partial charge on any atom is -0.486 e. The zero-order valence-corrected chi connectivity index (χ0v) is 16.0. The molecule has 2 unspecified atom stereocenters. The van der Waals surface area contributed by atoms with Crippen LogP contribution in [0.4, 0.5) is 5.69 Å². The molecule has 1 fully saturated rings. The van der Waals surface area contributed by atoms with Crippen LogP contribution in [0.5, 0.6) is 11.5 Å². The van der Waals surface area contributed by atoms with Gasteiger partial charge >= 0.3 is 0 Å². The van der Waals surface area contributed by atoms with Crippen LogP contribution in [0.15, 0.2) is 18.2 Å². The van der Waals surface area contributed by atoms with Crippen LogP contribution in [-0.2, 0) is 0 Å². The lowest BCUT2D eigenvalue weighted by Crippen LogP contribution is -2.40. The molecule has 2 N–H and O–H groups in total. The molecule has 138 valence electrons. The second-order valence-corrected chi connectivity index (χ2v) is 7.71. The number of benzene rings is 1. The van der Waals surface area contributed by atoms with E-state index >= 15 is 0 Å². The van der Waals surface area contributed by atoms with Crippen LogP contribution in [0.2, 0.25) is 0 Å². The Bertz CT molecular complexity index is 586. The molecular weight excluding hydrogens is 334 g/mol. The molecule has 0 amide bonds. The van der Waals surface area contributed by atoms with Gasteiger partial charge in [-0.1, -0.05) is 13.8 Å². The van der Waals surface area contributed by atoms with Gasteiger partial charge in [0.25, 0.3) is 0 Å². The molecule has 5 nitrogen and oxygen atoms in total. The maximum Gasteiger partial charge on any atom is 0.170 e. The molecule has 2 aliphatic rings. The lowest BCUT2D eigenvalue weighted by Gasteiger charge is -2.35. The van der Waals surface area contributed by atoms with E-state index in [0.29, 0.717) is 18.3 Å². The van der Waals surface area contributed by atoms with Gasteiger partial charge in [-0.3, -0.25) is 0 Å². The average Bonchev–Trinajstić information content (AvgIpc) is 2.58. The van der Waals surface area contributed by atoms with Gasteiger partial charge in [0.1, 0.15) is 13.2 Å². The standard InChI is InChI=1S/C19H29N3O2S/c1-14-10-15(2)13-22(12-14)7-3-6-20-19(25)21-16-4-5-17-18(11-16)24-9-8-23-17/h4-5,11,14-15H,3,6-10,12-13H2,1-2H3,(H2,20,21,25). The summed E-state index contributed by atoms with van der Waals surface area (Å²) in [5.41, 5.74) is 0.917. The molecule has 0 radical (unpaired) electrons. The first-order valence-corrected chi connectivity index (χ1v) is 9.68. The van der Waals surface area contributed by atoms with Gasteiger partial charge in [-0.25, -0.2) is 0 Å². The molecule has 6 heteroatoms. The third-order valence-corrected chi connectivity index (χ3v) is 4.93. The minimum absolute atomic E-state index is 0.590. The van der Waals surface area contributed by atoms with E-state index in [4.69, 9.17) is 21.7 Å². The predicted octanol–water partition coefficient (Wildman–Crippen LogP) is 3.11. The number of piperidine rings is 1. The largest absolute Gasteiger partial charge is 0.486 e. The third kappa shape index (κ3) is 5.47. The van der Waals surface area contributed by atoms with Crippen LogP contribution < -0.4 is 20.1 Å². The van der Waals surface area contributed by atoms with Gasteiger partial charge in [-0.15, -0.1) is 0 Å². The summed E-state index contributed by atoms with van der Waals surface area (Å²) in [5, 5.41) is 7.16. The van der Waals surface area contributed by atoms with Gasteiger partial charge in [-0.05, 0) is 55.6 Å². The fraction of sp³-hybridized carbons (Fsp3) is 0.632. The van der Waals surface area contributed by atoms with Crippen molar-refractivity contribution in [2.75, 3.05) is 44.7 Å². The highest BCUT2D eigenvalue weighted by molar-refractivity contribution is 7.80. The van der Waals surface area contributed by atoms with E-state index in [0.717, 1.165) is 48.5 Å². The highest BCUT2D eigenvalue weighted by Gasteiger charge is 2.21. The summed E-state index contributed by atoms with van der Waals surface area (Å²) in [6.07, 6.45) is 2.46. The van der Waals surface area contributed by atoms with Crippen LogP contribution in [0, 0.1) is 11.8 Å². The maximum absolute atomic E-state index is 5.59. The number of nitrogens with zero attached hydrogens (tertiary/aromatic N) is 1. The van der Waals surface area contributed by atoms with Crippen molar-refractivity contribution < 1.29 is 9.47 Å². The third-order valence-electron chi connectivity index (χ3n) is 4.68. The Kier molecular flexibility index (Phi) is 6.37. The highest BCUT2D eigenvalue weighted by Crippen LogP contribution is 2.32. The molecule has 1 aromatic carbocycles. The minimum atomic E-state index is 0.590. The van der Waals surface area contributed by atoms with Crippen LogP contribution in [0.25, 0.3) is 0 Å². The molecule has 1 saturated heterocycles. The summed E-state index contributed by atoms with van der Waals surface area (Å²) in [7, 11) is 0. The molecule has 2 atom stereocenters. The summed E-state index contributed by atoms with van der Waals surface area (Å²) >= 11 is 5.39. The van der Waals surface area contributed by atoms with Crippen LogP contribution >= 0.6 is 12.2 Å². The number of anilines is 1. The molecule has 0 aromatic heterocycles. The Morgan fingerprint density at radius 3 is 2.64 bits per heavy atom. The van der Waals surface area contributed by atoms with Crippen LogP contribution in [-0.4, -0.2) is 49.4 Å². The number of hydrogen-bond donors (Lipinski definition) is 2. The number of hydrogen-bond acceptors (Lipinski definition) is 4. The molecule has 2 heterocycles. The van der Waals surface area contributed by atoms with E-state index < -0.39 is 0 Å². The molecule has 0 spiro atoms. The molecule has 2 aliphatic heterocycles. The normalized spacial score (nSPS) is 23.1. The zero-order chi connectivity index (χ0) is 17.6. The maximum atomic E-state index is 5.59. The van der Waals surface area contributed by atoms with Crippen molar-refractivity contribution >= 4 is 23.0 Å². The summed E-state index contributed by atoms with van der Waals surface area (Å²) in [6.45, 7) is 10.4. The monoisotopic (exact) mass is 363 g/mol. The van der Waals surface area contributed by atoms with E-state index in [2.05, 4.69) is 29.4 Å². The van der Waals surface area contributed by atoms with E-state index in [1.807, 2.05) is 18.2 Å². The summed E-state index contributed by atoms with van der Waals surface area (Å²) in [6, 6.07) is 5.80. The van der Waals surface area contributed by atoms with Crippen LogP contribution in [0.3, 0.4) is 0 Å². The van der Waals surface area contributed by atoms with Gasteiger partial charge in [-0.2, -0.15) is 0 Å². The molecular formula is C19H29N3O2S. The fourth-order valence-corrected chi connectivity index (χ4v) is 4.00. The number of likely N-dealkylation sites (tertiary alicyclic amines) is 1. The average molecular weight is 364 g/mol. The van der Waals surface area contributed by atoms with E-state index in [9.17, 15) is 0 Å². The highest BCUT2D eigenvalue weighted by atomic mass is 32.1. The van der Waals surface area contributed by atoms with Gasteiger partial charge in [0.05, 0.1) is 0 Å². The van der Waals surface area contributed by atoms with Crippen molar-refractivity contribution in [3.05, 3.63) is 18.2 Å². The van der Waals surface area contributed by atoms with E-state index in [1.54, 1.807) is 0 Å². The topological polar surface area (TPSA) is 45.8 Å². The lowest BCUT2D eigenvalue weighted by atomic mass is 9.92. The van der Waals surface area contributed by atoms with Gasteiger partial charge in [0.15, 0.2) is 16.6 Å². The van der Waals surface area contributed by atoms with Crippen molar-refractivity contribution in [2.24, 2.45) is 11.8 Å². The Morgan fingerprint density at radius 2 is 1.88 bits per heavy atom. The van der Waals surface area contributed by atoms with Crippen molar-refractivity contribution in [2.45, 2.75) is 26.7 Å². The Morgan fingerprint density at radius 1 is 1.16 bits per heavy atom. The molecule has 1 aromatic rings. The molecule has 0 bridgehead atoms. The lowest BCUT2D eigenvalue weighted by molar-refractivity contribution is 0.140. The second kappa shape index (κ2) is 8.72. The number of nitrogens with one attached hydrogen (secondary N) is 2. The number of fused-ring (bicyclic) bond motifs is 1. The summed E-state index contributed by atoms with van der Waals surface area (Å²) < 4.78 is 11.1. The quantitative estimate of drug-likeness (QED) is 0.619. The Hall–Kier alpha value is -1.53. The Balaban J connectivity index is 1.37. The van der Waals surface area contributed by atoms with E-state index in [1.165, 1.54) is 19.5 Å². The Labute approximate surface area is 156 Å². The number of rotatable bonds is 5. The predicted molar refractivity (Wildman–Crippen MR) is 106 cm³/mol. The van der Waals surface area contributed by atoms with E-state index in [-0.39, 0.29) is 0 Å². The van der Waals surface area contributed by atoms with Crippen molar-refractivity contribution in [1.29, 1.82) is 0 Å². The zero-order valence-electron chi connectivity index (χ0n) is 15.2. The fourth-order valence-electron chi connectivity index (χ4n) is 3.78. The molecule has 0 aliphatic carbocycles. The van der Waals surface area contributed by atoms with Gasteiger partial charge in [0, 0.05) is 31.4 Å². The molecule has 25 heavy (non-hydrogen) atoms.